The number of benzene rings is 1. The number of hydrogen-bond acceptors (Lipinski definition) is 5. The molecule has 1 atom stereocenters. The van der Waals surface area contributed by atoms with Crippen molar-refractivity contribution in [1.82, 2.24) is 4.98 Å². The molecule has 1 saturated carbocycles. The molecular formula is C12H15N3O2. The zero-order chi connectivity index (χ0) is 11.8. The number of fused-ring (bicyclic) bond motifs is 1. The van der Waals surface area contributed by atoms with Gasteiger partial charge in [-0.25, -0.2) is 0 Å². The van der Waals surface area contributed by atoms with Gasteiger partial charge in [0.2, 0.25) is 0 Å². The quantitative estimate of drug-likeness (QED) is 0.698. The van der Waals surface area contributed by atoms with E-state index in [1.54, 1.807) is 6.07 Å². The summed E-state index contributed by atoms with van der Waals surface area (Å²) in [5.74, 6) is 0.442. The Bertz CT molecular complexity index is 534. The van der Waals surface area contributed by atoms with Crippen molar-refractivity contribution in [2.45, 2.75) is 18.9 Å². The molecule has 0 radical (unpaired) electrons. The highest BCUT2D eigenvalue weighted by atomic mass is 16.4. The molecule has 1 aliphatic carbocycles. The Hall–Kier alpha value is -1.75. The van der Waals surface area contributed by atoms with Crippen molar-refractivity contribution in [3.8, 4) is 0 Å². The van der Waals surface area contributed by atoms with Crippen LogP contribution >= 0.6 is 0 Å². The lowest BCUT2D eigenvalue weighted by molar-refractivity contribution is 0.163. The standard InChI is InChI=1S/C12H15N3O2/c13-8-2-1-3-10-11(8)15-12(17-10)14-6-9(16)7-4-5-7/h1-3,7,9,16H,4-6,13H2,(H,14,15). The van der Waals surface area contributed by atoms with Gasteiger partial charge in [0.15, 0.2) is 5.58 Å². The number of nitrogens with one attached hydrogen (secondary N) is 1. The Kier molecular flexibility index (Phi) is 2.40. The molecule has 0 amide bonds. The number of oxazole rings is 1. The summed E-state index contributed by atoms with van der Waals surface area (Å²) in [6, 6.07) is 5.85. The monoisotopic (exact) mass is 233 g/mol. The van der Waals surface area contributed by atoms with Gasteiger partial charge in [-0.15, -0.1) is 0 Å². The summed E-state index contributed by atoms with van der Waals surface area (Å²) >= 11 is 0. The fraction of sp³-hybridized carbons (Fsp3) is 0.417. The van der Waals surface area contributed by atoms with Gasteiger partial charge in [0, 0.05) is 6.54 Å². The molecule has 0 saturated heterocycles. The molecule has 0 aliphatic heterocycles. The third kappa shape index (κ3) is 2.06. The van der Waals surface area contributed by atoms with Crippen LogP contribution in [0.5, 0.6) is 0 Å². The number of rotatable bonds is 4. The molecule has 1 aromatic heterocycles. The van der Waals surface area contributed by atoms with E-state index in [1.165, 1.54) is 0 Å². The number of para-hydroxylation sites is 1. The van der Waals surface area contributed by atoms with Crippen LogP contribution in [0.4, 0.5) is 11.7 Å². The largest absolute Gasteiger partial charge is 0.423 e. The predicted octanol–water partition coefficient (Wildman–Crippen LogP) is 1.59. The Morgan fingerprint density at radius 2 is 2.35 bits per heavy atom. The smallest absolute Gasteiger partial charge is 0.295 e. The average Bonchev–Trinajstić information content (AvgIpc) is 3.07. The third-order valence-corrected chi connectivity index (χ3v) is 3.08. The van der Waals surface area contributed by atoms with E-state index >= 15 is 0 Å². The highest BCUT2D eigenvalue weighted by Gasteiger charge is 2.29. The molecule has 2 aromatic rings. The van der Waals surface area contributed by atoms with Crippen molar-refractivity contribution in [2.24, 2.45) is 5.92 Å². The lowest BCUT2D eigenvalue weighted by atomic mass is 10.2. The summed E-state index contributed by atoms with van der Waals surface area (Å²) in [6.07, 6.45) is 1.91. The Morgan fingerprint density at radius 3 is 3.06 bits per heavy atom. The van der Waals surface area contributed by atoms with E-state index in [1.807, 2.05) is 12.1 Å². The number of aliphatic hydroxyl groups is 1. The molecule has 1 aliphatic rings. The molecule has 1 aromatic carbocycles. The van der Waals surface area contributed by atoms with E-state index in [2.05, 4.69) is 10.3 Å². The number of aliphatic hydroxyl groups excluding tert-OH is 1. The number of anilines is 2. The maximum atomic E-state index is 9.72. The van der Waals surface area contributed by atoms with Crippen molar-refractivity contribution < 1.29 is 9.52 Å². The molecule has 1 fully saturated rings. The maximum Gasteiger partial charge on any atom is 0.295 e. The minimum Gasteiger partial charge on any atom is -0.423 e. The zero-order valence-electron chi connectivity index (χ0n) is 9.39. The van der Waals surface area contributed by atoms with Crippen LogP contribution in [0, 0.1) is 5.92 Å². The first-order chi connectivity index (χ1) is 8.24. The molecule has 1 unspecified atom stereocenters. The second kappa shape index (κ2) is 3.92. The molecule has 5 heteroatoms. The molecule has 5 nitrogen and oxygen atoms in total. The van der Waals surface area contributed by atoms with Gasteiger partial charge in [-0.1, -0.05) is 6.07 Å². The summed E-state index contributed by atoms with van der Waals surface area (Å²) in [5, 5.41) is 12.7. The van der Waals surface area contributed by atoms with E-state index in [0.717, 1.165) is 12.8 Å². The Balaban J connectivity index is 1.74. The molecule has 3 rings (SSSR count). The first kappa shape index (κ1) is 10.4. The number of aromatic nitrogens is 1. The first-order valence-corrected chi connectivity index (χ1v) is 5.81. The highest BCUT2D eigenvalue weighted by Crippen LogP contribution is 2.32. The Labute approximate surface area is 98.6 Å². The third-order valence-electron chi connectivity index (χ3n) is 3.08. The van der Waals surface area contributed by atoms with E-state index < -0.39 is 0 Å². The summed E-state index contributed by atoms with van der Waals surface area (Å²) in [6.45, 7) is 0.470. The van der Waals surface area contributed by atoms with Gasteiger partial charge in [0.05, 0.1) is 11.8 Å². The van der Waals surface area contributed by atoms with Crippen LogP contribution in [0.3, 0.4) is 0 Å². The minimum atomic E-state index is -0.317. The van der Waals surface area contributed by atoms with Crippen LogP contribution in [-0.2, 0) is 0 Å². The fourth-order valence-electron chi connectivity index (χ4n) is 1.88. The lowest BCUT2D eigenvalue weighted by Gasteiger charge is -2.08. The predicted molar refractivity (Wildman–Crippen MR) is 65.6 cm³/mol. The van der Waals surface area contributed by atoms with E-state index in [0.29, 0.717) is 35.3 Å². The van der Waals surface area contributed by atoms with Crippen molar-refractivity contribution in [2.75, 3.05) is 17.6 Å². The summed E-state index contributed by atoms with van der Waals surface area (Å²) in [7, 11) is 0. The van der Waals surface area contributed by atoms with Gasteiger partial charge in [-0.3, -0.25) is 0 Å². The second-order valence-electron chi connectivity index (χ2n) is 4.50. The topological polar surface area (TPSA) is 84.3 Å². The Morgan fingerprint density at radius 1 is 1.53 bits per heavy atom. The molecule has 4 N–H and O–H groups in total. The molecule has 90 valence electrons. The van der Waals surface area contributed by atoms with Crippen LogP contribution in [0.25, 0.3) is 11.1 Å². The summed E-state index contributed by atoms with van der Waals surface area (Å²) in [5.41, 5.74) is 7.71. The maximum absolute atomic E-state index is 9.72. The molecule has 0 spiro atoms. The fourth-order valence-corrected chi connectivity index (χ4v) is 1.88. The minimum absolute atomic E-state index is 0.317. The number of nitrogen functional groups attached to an aromatic ring is 1. The highest BCUT2D eigenvalue weighted by molar-refractivity contribution is 5.86. The average molecular weight is 233 g/mol. The van der Waals surface area contributed by atoms with Crippen LogP contribution < -0.4 is 11.1 Å². The molecule has 0 bridgehead atoms. The number of nitrogens with zero attached hydrogens (tertiary/aromatic N) is 1. The molecule has 17 heavy (non-hydrogen) atoms. The normalized spacial score (nSPS) is 17.2. The SMILES string of the molecule is Nc1cccc2oc(NCC(O)C3CC3)nc12. The van der Waals surface area contributed by atoms with Gasteiger partial charge in [0.25, 0.3) is 6.01 Å². The zero-order valence-corrected chi connectivity index (χ0v) is 9.39. The number of nitrogens with two attached hydrogens (primary N) is 1. The van der Waals surface area contributed by atoms with Gasteiger partial charge in [0.1, 0.15) is 5.52 Å². The van der Waals surface area contributed by atoms with Crippen molar-refractivity contribution in [3.63, 3.8) is 0 Å². The van der Waals surface area contributed by atoms with Crippen molar-refractivity contribution in [1.29, 1.82) is 0 Å². The number of hydrogen-bond donors (Lipinski definition) is 3. The second-order valence-corrected chi connectivity index (χ2v) is 4.50. The van der Waals surface area contributed by atoms with Gasteiger partial charge < -0.3 is 20.6 Å². The van der Waals surface area contributed by atoms with Crippen LogP contribution in [0.1, 0.15) is 12.8 Å². The van der Waals surface area contributed by atoms with E-state index in [9.17, 15) is 5.11 Å². The van der Waals surface area contributed by atoms with Gasteiger partial charge >= 0.3 is 0 Å². The lowest BCUT2D eigenvalue weighted by Crippen LogP contribution is -2.21. The first-order valence-electron chi connectivity index (χ1n) is 5.81. The van der Waals surface area contributed by atoms with Crippen molar-refractivity contribution >= 4 is 22.8 Å². The molecule has 1 heterocycles. The van der Waals surface area contributed by atoms with Gasteiger partial charge in [-0.05, 0) is 30.9 Å². The summed E-state index contributed by atoms with van der Waals surface area (Å²) < 4.78 is 5.49. The van der Waals surface area contributed by atoms with Crippen LogP contribution in [-0.4, -0.2) is 22.7 Å². The summed E-state index contributed by atoms with van der Waals surface area (Å²) in [4.78, 5) is 4.25. The van der Waals surface area contributed by atoms with Gasteiger partial charge in [-0.2, -0.15) is 4.98 Å². The van der Waals surface area contributed by atoms with Crippen molar-refractivity contribution in [3.05, 3.63) is 18.2 Å². The van der Waals surface area contributed by atoms with E-state index in [4.69, 9.17) is 10.2 Å². The van der Waals surface area contributed by atoms with Crippen LogP contribution in [0.2, 0.25) is 0 Å². The molecular weight excluding hydrogens is 218 g/mol. The van der Waals surface area contributed by atoms with E-state index in [-0.39, 0.29) is 6.10 Å². The van der Waals surface area contributed by atoms with Crippen LogP contribution in [0.15, 0.2) is 22.6 Å².